The smallest absolute Gasteiger partial charge is 0.0363 e. The summed E-state index contributed by atoms with van der Waals surface area (Å²) in [5, 5.41) is 5.42. The SMILES string of the molecule is C=CCC(NC)c1ccsc1C. The third kappa shape index (κ3) is 1.96. The van der Waals surface area contributed by atoms with Crippen LogP contribution in [0.4, 0.5) is 0 Å². The van der Waals surface area contributed by atoms with Crippen molar-refractivity contribution in [1.82, 2.24) is 5.32 Å². The molecule has 0 aromatic carbocycles. The van der Waals surface area contributed by atoms with Gasteiger partial charge in [0.25, 0.3) is 0 Å². The molecule has 0 saturated heterocycles. The van der Waals surface area contributed by atoms with Crippen molar-refractivity contribution in [1.29, 1.82) is 0 Å². The van der Waals surface area contributed by atoms with Crippen LogP contribution in [0.3, 0.4) is 0 Å². The van der Waals surface area contributed by atoms with Crippen LogP contribution in [0.25, 0.3) is 0 Å². The van der Waals surface area contributed by atoms with E-state index in [1.54, 1.807) is 11.3 Å². The van der Waals surface area contributed by atoms with Crippen LogP contribution in [0.2, 0.25) is 0 Å². The Bertz CT molecular complexity index is 252. The Morgan fingerprint density at radius 3 is 2.92 bits per heavy atom. The molecule has 1 N–H and O–H groups in total. The summed E-state index contributed by atoms with van der Waals surface area (Å²) in [6.45, 7) is 5.91. The van der Waals surface area contributed by atoms with Gasteiger partial charge in [0.05, 0.1) is 0 Å². The number of nitrogens with one attached hydrogen (secondary N) is 1. The molecule has 66 valence electrons. The average Bonchev–Trinajstić information content (AvgIpc) is 2.47. The maximum absolute atomic E-state index is 3.75. The summed E-state index contributed by atoms with van der Waals surface area (Å²) in [6, 6.07) is 2.62. The molecule has 1 nitrogen and oxygen atoms in total. The van der Waals surface area contributed by atoms with E-state index in [0.29, 0.717) is 6.04 Å². The van der Waals surface area contributed by atoms with Crippen LogP contribution in [0.1, 0.15) is 22.9 Å². The van der Waals surface area contributed by atoms with E-state index in [4.69, 9.17) is 0 Å². The van der Waals surface area contributed by atoms with E-state index in [2.05, 4.69) is 30.3 Å². The summed E-state index contributed by atoms with van der Waals surface area (Å²) >= 11 is 1.80. The fourth-order valence-electron chi connectivity index (χ4n) is 1.32. The van der Waals surface area contributed by atoms with E-state index in [-0.39, 0.29) is 0 Å². The predicted octanol–water partition coefficient (Wildman–Crippen LogP) is 2.89. The molecule has 0 saturated carbocycles. The zero-order valence-corrected chi connectivity index (χ0v) is 8.45. The molecule has 0 aliphatic heterocycles. The third-order valence-corrected chi connectivity index (χ3v) is 2.89. The fourth-order valence-corrected chi connectivity index (χ4v) is 2.09. The first-order chi connectivity index (χ1) is 5.79. The molecule has 1 heterocycles. The molecule has 0 spiro atoms. The molecule has 1 rings (SSSR count). The molecule has 0 aliphatic rings. The number of thiophene rings is 1. The second kappa shape index (κ2) is 4.43. The normalized spacial score (nSPS) is 12.8. The molecule has 0 radical (unpaired) electrons. The molecule has 0 fully saturated rings. The van der Waals surface area contributed by atoms with Crippen molar-refractivity contribution >= 4 is 11.3 Å². The van der Waals surface area contributed by atoms with Crippen LogP contribution in [0, 0.1) is 6.92 Å². The quantitative estimate of drug-likeness (QED) is 0.704. The van der Waals surface area contributed by atoms with Crippen molar-refractivity contribution in [2.24, 2.45) is 0 Å². The van der Waals surface area contributed by atoms with Gasteiger partial charge in [-0.2, -0.15) is 0 Å². The highest BCUT2D eigenvalue weighted by atomic mass is 32.1. The van der Waals surface area contributed by atoms with Crippen molar-refractivity contribution in [3.8, 4) is 0 Å². The topological polar surface area (TPSA) is 12.0 Å². The van der Waals surface area contributed by atoms with E-state index >= 15 is 0 Å². The Kier molecular flexibility index (Phi) is 3.50. The molecule has 2 heteroatoms. The molecule has 12 heavy (non-hydrogen) atoms. The highest BCUT2D eigenvalue weighted by molar-refractivity contribution is 7.10. The first-order valence-corrected chi connectivity index (χ1v) is 4.99. The van der Waals surface area contributed by atoms with Crippen LogP contribution in [0.5, 0.6) is 0 Å². The van der Waals surface area contributed by atoms with Gasteiger partial charge in [0.2, 0.25) is 0 Å². The van der Waals surface area contributed by atoms with Gasteiger partial charge in [-0.15, -0.1) is 17.9 Å². The monoisotopic (exact) mass is 181 g/mol. The van der Waals surface area contributed by atoms with Crippen molar-refractivity contribution in [3.05, 3.63) is 34.5 Å². The zero-order chi connectivity index (χ0) is 8.97. The van der Waals surface area contributed by atoms with Crippen LogP contribution in [-0.4, -0.2) is 7.05 Å². The molecular weight excluding hydrogens is 166 g/mol. The maximum Gasteiger partial charge on any atom is 0.0363 e. The predicted molar refractivity (Wildman–Crippen MR) is 55.7 cm³/mol. The minimum absolute atomic E-state index is 0.439. The average molecular weight is 181 g/mol. The summed E-state index contributed by atoms with van der Waals surface area (Å²) in [5.74, 6) is 0. The molecule has 0 bridgehead atoms. The lowest BCUT2D eigenvalue weighted by Crippen LogP contribution is -2.15. The van der Waals surface area contributed by atoms with Gasteiger partial charge >= 0.3 is 0 Å². The molecule has 1 aromatic heterocycles. The zero-order valence-electron chi connectivity index (χ0n) is 7.63. The molecular formula is C10H15NS. The van der Waals surface area contributed by atoms with Gasteiger partial charge in [-0.3, -0.25) is 0 Å². The van der Waals surface area contributed by atoms with Gasteiger partial charge in [0, 0.05) is 10.9 Å². The van der Waals surface area contributed by atoms with Crippen molar-refractivity contribution in [2.75, 3.05) is 7.05 Å². The Labute approximate surface area is 78.1 Å². The van der Waals surface area contributed by atoms with E-state index < -0.39 is 0 Å². The first-order valence-electron chi connectivity index (χ1n) is 4.11. The first kappa shape index (κ1) is 9.49. The minimum Gasteiger partial charge on any atom is -0.313 e. The van der Waals surface area contributed by atoms with Gasteiger partial charge in [-0.1, -0.05) is 6.08 Å². The summed E-state index contributed by atoms with van der Waals surface area (Å²) in [6.07, 6.45) is 2.95. The highest BCUT2D eigenvalue weighted by Crippen LogP contribution is 2.24. The van der Waals surface area contributed by atoms with Gasteiger partial charge in [-0.05, 0) is 37.4 Å². The Balaban J connectivity index is 2.78. The van der Waals surface area contributed by atoms with Crippen LogP contribution < -0.4 is 5.32 Å². The third-order valence-electron chi connectivity index (χ3n) is 2.03. The minimum atomic E-state index is 0.439. The van der Waals surface area contributed by atoms with Crippen LogP contribution in [-0.2, 0) is 0 Å². The molecule has 1 unspecified atom stereocenters. The van der Waals surface area contributed by atoms with Crippen molar-refractivity contribution in [2.45, 2.75) is 19.4 Å². The van der Waals surface area contributed by atoms with E-state index in [1.807, 2.05) is 13.1 Å². The summed E-state index contributed by atoms with van der Waals surface area (Å²) in [5.41, 5.74) is 1.41. The maximum atomic E-state index is 3.75. The molecule has 1 atom stereocenters. The lowest BCUT2D eigenvalue weighted by molar-refractivity contribution is 0.603. The van der Waals surface area contributed by atoms with Crippen LogP contribution >= 0.6 is 11.3 Å². The number of hydrogen-bond donors (Lipinski definition) is 1. The van der Waals surface area contributed by atoms with Crippen molar-refractivity contribution in [3.63, 3.8) is 0 Å². The van der Waals surface area contributed by atoms with Crippen LogP contribution in [0.15, 0.2) is 24.1 Å². The lowest BCUT2D eigenvalue weighted by atomic mass is 10.1. The van der Waals surface area contributed by atoms with Gasteiger partial charge in [-0.25, -0.2) is 0 Å². The highest BCUT2D eigenvalue weighted by Gasteiger charge is 2.09. The van der Waals surface area contributed by atoms with Gasteiger partial charge < -0.3 is 5.32 Å². The standard InChI is InChI=1S/C10H15NS/c1-4-5-10(11-3)9-6-7-12-8(9)2/h4,6-7,10-11H,1,5H2,2-3H3. The van der Waals surface area contributed by atoms with E-state index in [9.17, 15) is 0 Å². The Hall–Kier alpha value is -0.600. The number of hydrogen-bond acceptors (Lipinski definition) is 2. The number of aryl methyl sites for hydroxylation is 1. The lowest BCUT2D eigenvalue weighted by Gasteiger charge is -2.13. The van der Waals surface area contributed by atoms with Gasteiger partial charge in [0.1, 0.15) is 0 Å². The molecule has 0 amide bonds. The summed E-state index contributed by atoms with van der Waals surface area (Å²) in [4.78, 5) is 1.40. The second-order valence-electron chi connectivity index (χ2n) is 2.80. The number of rotatable bonds is 4. The Morgan fingerprint density at radius 2 is 2.50 bits per heavy atom. The molecule has 0 aliphatic carbocycles. The fraction of sp³-hybridized carbons (Fsp3) is 0.400. The van der Waals surface area contributed by atoms with E-state index in [1.165, 1.54) is 10.4 Å². The molecule has 1 aromatic rings. The van der Waals surface area contributed by atoms with E-state index in [0.717, 1.165) is 6.42 Å². The largest absolute Gasteiger partial charge is 0.313 e. The van der Waals surface area contributed by atoms with Gasteiger partial charge in [0.15, 0.2) is 0 Å². The summed E-state index contributed by atoms with van der Waals surface area (Å²) < 4.78 is 0. The Morgan fingerprint density at radius 1 is 1.75 bits per heavy atom. The second-order valence-corrected chi connectivity index (χ2v) is 3.92. The summed E-state index contributed by atoms with van der Waals surface area (Å²) in [7, 11) is 1.99. The van der Waals surface area contributed by atoms with Crippen molar-refractivity contribution < 1.29 is 0 Å².